The van der Waals surface area contributed by atoms with Gasteiger partial charge in [0.15, 0.2) is 0 Å². The number of rotatable bonds is 5. The van der Waals surface area contributed by atoms with Crippen LogP contribution in [0.3, 0.4) is 0 Å². The Morgan fingerprint density at radius 2 is 2.19 bits per heavy atom. The van der Waals surface area contributed by atoms with Crippen molar-refractivity contribution in [1.82, 2.24) is 10.2 Å². The van der Waals surface area contributed by atoms with Crippen LogP contribution in [0.1, 0.15) is 23.2 Å². The number of benzene rings is 1. The number of hydrogen-bond donors (Lipinski definition) is 1. The predicted molar refractivity (Wildman–Crippen MR) is 83.9 cm³/mol. The molecular formula is C15H20ClN3O2. The third-order valence-corrected chi connectivity index (χ3v) is 3.65. The Balaban J connectivity index is 2.18. The van der Waals surface area contributed by atoms with E-state index in [0.29, 0.717) is 35.8 Å². The highest BCUT2D eigenvalue weighted by atomic mass is 35.5. The standard InChI is InChI=1S/C15H20ClN3O2/c1-18(2)9-7-17-15(21)12-6-5-11(16)10-13(12)19-8-3-4-14(19)20/h5-6,10H,3-4,7-9H2,1-2H3,(H,17,21). The smallest absolute Gasteiger partial charge is 0.253 e. The van der Waals surface area contributed by atoms with Crippen molar-refractivity contribution < 1.29 is 9.59 Å². The molecule has 0 aromatic heterocycles. The summed E-state index contributed by atoms with van der Waals surface area (Å²) in [6.45, 7) is 1.95. The Kier molecular flexibility index (Phi) is 5.20. The van der Waals surface area contributed by atoms with Gasteiger partial charge >= 0.3 is 0 Å². The van der Waals surface area contributed by atoms with Crippen molar-refractivity contribution in [3.63, 3.8) is 0 Å². The van der Waals surface area contributed by atoms with Crippen LogP contribution in [-0.4, -0.2) is 50.4 Å². The molecule has 0 radical (unpaired) electrons. The number of carbonyl (C=O) groups is 2. The second-order valence-electron chi connectivity index (χ2n) is 5.37. The highest BCUT2D eigenvalue weighted by Crippen LogP contribution is 2.28. The van der Waals surface area contributed by atoms with E-state index in [1.54, 1.807) is 23.1 Å². The van der Waals surface area contributed by atoms with Crippen LogP contribution in [0.5, 0.6) is 0 Å². The first-order valence-electron chi connectivity index (χ1n) is 7.02. The van der Waals surface area contributed by atoms with Gasteiger partial charge in [0.2, 0.25) is 5.91 Å². The third kappa shape index (κ3) is 3.95. The van der Waals surface area contributed by atoms with Gasteiger partial charge in [-0.3, -0.25) is 9.59 Å². The highest BCUT2D eigenvalue weighted by Gasteiger charge is 2.26. The minimum absolute atomic E-state index is 0.0413. The van der Waals surface area contributed by atoms with Crippen LogP contribution in [0, 0.1) is 0 Å². The molecule has 1 aliphatic rings. The van der Waals surface area contributed by atoms with Gasteiger partial charge in [-0.2, -0.15) is 0 Å². The van der Waals surface area contributed by atoms with Gasteiger partial charge in [-0.1, -0.05) is 11.6 Å². The lowest BCUT2D eigenvalue weighted by Gasteiger charge is -2.20. The Labute approximate surface area is 129 Å². The topological polar surface area (TPSA) is 52.7 Å². The van der Waals surface area contributed by atoms with Crippen molar-refractivity contribution in [2.24, 2.45) is 0 Å². The van der Waals surface area contributed by atoms with Crippen LogP contribution in [0.25, 0.3) is 0 Å². The molecule has 2 amide bonds. The van der Waals surface area contributed by atoms with Crippen LogP contribution in [-0.2, 0) is 4.79 Å². The molecule has 6 heteroatoms. The zero-order chi connectivity index (χ0) is 15.4. The lowest BCUT2D eigenvalue weighted by atomic mass is 10.1. The minimum Gasteiger partial charge on any atom is -0.351 e. The Bertz CT molecular complexity index is 546. The molecule has 21 heavy (non-hydrogen) atoms. The van der Waals surface area contributed by atoms with Gasteiger partial charge in [0.05, 0.1) is 11.3 Å². The van der Waals surface area contributed by atoms with E-state index in [0.717, 1.165) is 13.0 Å². The van der Waals surface area contributed by atoms with Gasteiger partial charge in [-0.15, -0.1) is 0 Å². The summed E-state index contributed by atoms with van der Waals surface area (Å²) in [6.07, 6.45) is 1.33. The summed E-state index contributed by atoms with van der Waals surface area (Å²) in [6, 6.07) is 5.03. The van der Waals surface area contributed by atoms with Gasteiger partial charge in [-0.25, -0.2) is 0 Å². The molecule has 1 heterocycles. The molecule has 0 bridgehead atoms. The molecular weight excluding hydrogens is 290 g/mol. The molecule has 0 atom stereocenters. The minimum atomic E-state index is -0.178. The molecule has 0 spiro atoms. The normalized spacial score (nSPS) is 14.9. The van der Waals surface area contributed by atoms with E-state index in [9.17, 15) is 9.59 Å². The summed E-state index contributed by atoms with van der Waals surface area (Å²) >= 11 is 6.02. The van der Waals surface area contributed by atoms with E-state index in [1.807, 2.05) is 19.0 Å². The number of hydrogen-bond acceptors (Lipinski definition) is 3. The maximum absolute atomic E-state index is 12.3. The summed E-state index contributed by atoms with van der Waals surface area (Å²) in [5.74, 6) is -0.136. The number of anilines is 1. The van der Waals surface area contributed by atoms with E-state index < -0.39 is 0 Å². The molecule has 1 aromatic rings. The zero-order valence-corrected chi connectivity index (χ0v) is 13.1. The molecule has 0 aliphatic carbocycles. The predicted octanol–water partition coefficient (Wildman–Crippen LogP) is 1.76. The monoisotopic (exact) mass is 309 g/mol. The van der Waals surface area contributed by atoms with Crippen LogP contribution < -0.4 is 10.2 Å². The quantitative estimate of drug-likeness (QED) is 0.901. The Hall–Kier alpha value is -1.59. The average Bonchev–Trinajstić information content (AvgIpc) is 2.84. The fourth-order valence-corrected chi connectivity index (χ4v) is 2.48. The number of likely N-dealkylation sites (N-methyl/N-ethyl adjacent to an activating group) is 1. The van der Waals surface area contributed by atoms with Crippen molar-refractivity contribution in [3.05, 3.63) is 28.8 Å². The molecule has 5 nitrogen and oxygen atoms in total. The van der Waals surface area contributed by atoms with Gasteiger partial charge in [0.1, 0.15) is 0 Å². The molecule has 0 saturated carbocycles. The lowest BCUT2D eigenvalue weighted by Crippen LogP contribution is -2.33. The van der Waals surface area contributed by atoms with Gasteiger partial charge in [0, 0.05) is 31.1 Å². The number of halogens is 1. The fourth-order valence-electron chi connectivity index (χ4n) is 2.31. The highest BCUT2D eigenvalue weighted by molar-refractivity contribution is 6.31. The molecule has 0 unspecified atom stereocenters. The summed E-state index contributed by atoms with van der Waals surface area (Å²) in [5.41, 5.74) is 1.10. The number of nitrogens with zero attached hydrogens (tertiary/aromatic N) is 2. The largest absolute Gasteiger partial charge is 0.351 e. The van der Waals surface area contributed by atoms with E-state index in [1.165, 1.54) is 0 Å². The Morgan fingerprint density at radius 1 is 1.43 bits per heavy atom. The summed E-state index contributed by atoms with van der Waals surface area (Å²) in [5, 5.41) is 3.39. The SMILES string of the molecule is CN(C)CCNC(=O)c1ccc(Cl)cc1N1CCCC1=O. The molecule has 1 fully saturated rings. The van der Waals surface area contributed by atoms with Crippen molar-refractivity contribution >= 4 is 29.1 Å². The summed E-state index contributed by atoms with van der Waals surface area (Å²) in [7, 11) is 3.89. The van der Waals surface area contributed by atoms with Gasteiger partial charge in [0.25, 0.3) is 5.91 Å². The molecule has 1 saturated heterocycles. The molecule has 114 valence electrons. The van der Waals surface area contributed by atoms with Crippen molar-refractivity contribution in [1.29, 1.82) is 0 Å². The first-order chi connectivity index (χ1) is 9.99. The van der Waals surface area contributed by atoms with Crippen LogP contribution in [0.15, 0.2) is 18.2 Å². The van der Waals surface area contributed by atoms with Crippen LogP contribution in [0.2, 0.25) is 5.02 Å². The van der Waals surface area contributed by atoms with Crippen molar-refractivity contribution in [3.8, 4) is 0 Å². The first-order valence-corrected chi connectivity index (χ1v) is 7.39. The fraction of sp³-hybridized carbons (Fsp3) is 0.467. The maximum atomic E-state index is 12.3. The summed E-state index contributed by atoms with van der Waals surface area (Å²) in [4.78, 5) is 27.9. The van der Waals surface area contributed by atoms with Crippen LogP contribution >= 0.6 is 11.6 Å². The third-order valence-electron chi connectivity index (χ3n) is 3.41. The second kappa shape index (κ2) is 6.91. The van der Waals surface area contributed by atoms with Crippen molar-refractivity contribution in [2.45, 2.75) is 12.8 Å². The number of amides is 2. The van der Waals surface area contributed by atoms with E-state index >= 15 is 0 Å². The first kappa shape index (κ1) is 15.8. The average molecular weight is 310 g/mol. The molecule has 2 rings (SSSR count). The van der Waals surface area contributed by atoms with E-state index in [2.05, 4.69) is 5.32 Å². The molecule has 1 aromatic carbocycles. The van der Waals surface area contributed by atoms with E-state index in [4.69, 9.17) is 11.6 Å². The Morgan fingerprint density at radius 3 is 2.81 bits per heavy atom. The van der Waals surface area contributed by atoms with Gasteiger partial charge < -0.3 is 15.1 Å². The summed E-state index contributed by atoms with van der Waals surface area (Å²) < 4.78 is 0. The van der Waals surface area contributed by atoms with Gasteiger partial charge in [-0.05, 0) is 38.7 Å². The molecule has 1 aliphatic heterocycles. The van der Waals surface area contributed by atoms with Crippen molar-refractivity contribution in [2.75, 3.05) is 38.6 Å². The number of carbonyl (C=O) groups excluding carboxylic acids is 2. The second-order valence-corrected chi connectivity index (χ2v) is 5.81. The zero-order valence-electron chi connectivity index (χ0n) is 12.4. The lowest BCUT2D eigenvalue weighted by molar-refractivity contribution is -0.117. The molecule has 1 N–H and O–H groups in total. The van der Waals surface area contributed by atoms with Crippen LogP contribution in [0.4, 0.5) is 5.69 Å². The maximum Gasteiger partial charge on any atom is 0.253 e. The number of nitrogens with one attached hydrogen (secondary N) is 1. The van der Waals surface area contributed by atoms with E-state index in [-0.39, 0.29) is 11.8 Å².